The highest BCUT2D eigenvalue weighted by Gasteiger charge is 2.25. The maximum absolute atomic E-state index is 12.1. The van der Waals surface area contributed by atoms with Crippen molar-refractivity contribution in [1.29, 1.82) is 0 Å². The van der Waals surface area contributed by atoms with Crippen molar-refractivity contribution in [2.24, 2.45) is 0 Å². The molecule has 0 heterocycles. The van der Waals surface area contributed by atoms with Gasteiger partial charge < -0.3 is 15.7 Å². The first kappa shape index (κ1) is 21.6. The molecule has 5 nitrogen and oxygen atoms in total. The molecule has 154 valence electrons. The standard InChI is InChI=1S/C24H23ClN2O3/c1-16-8-13-20(14-21(16)25)27-23(29)22(28)26-15-24(2,30)19-11-9-18(10-12-19)17-6-4-3-5-7-17/h3-14,30H,15H2,1-2H3,(H,26,28)(H,27,29). The van der Waals surface area contributed by atoms with Gasteiger partial charge in [0.1, 0.15) is 5.60 Å². The maximum Gasteiger partial charge on any atom is 0.313 e. The van der Waals surface area contributed by atoms with Crippen LogP contribution in [0.25, 0.3) is 11.1 Å². The quantitative estimate of drug-likeness (QED) is 0.537. The zero-order chi connectivity index (χ0) is 21.7. The molecule has 30 heavy (non-hydrogen) atoms. The zero-order valence-electron chi connectivity index (χ0n) is 16.8. The highest BCUT2D eigenvalue weighted by atomic mass is 35.5. The van der Waals surface area contributed by atoms with Gasteiger partial charge in [0.2, 0.25) is 0 Å². The molecular formula is C24H23ClN2O3. The Balaban J connectivity index is 1.60. The number of rotatable bonds is 5. The predicted molar refractivity (Wildman–Crippen MR) is 119 cm³/mol. The molecule has 3 rings (SSSR count). The minimum absolute atomic E-state index is 0.113. The highest BCUT2D eigenvalue weighted by Crippen LogP contribution is 2.25. The van der Waals surface area contributed by atoms with Crippen LogP contribution < -0.4 is 10.6 Å². The molecule has 0 fully saturated rings. The van der Waals surface area contributed by atoms with Crippen molar-refractivity contribution in [3.63, 3.8) is 0 Å². The summed E-state index contributed by atoms with van der Waals surface area (Å²) in [6.07, 6.45) is 0. The Kier molecular flexibility index (Phi) is 6.55. The van der Waals surface area contributed by atoms with E-state index in [1.54, 1.807) is 25.1 Å². The number of amides is 2. The minimum atomic E-state index is -1.33. The van der Waals surface area contributed by atoms with Crippen molar-refractivity contribution in [2.45, 2.75) is 19.4 Å². The van der Waals surface area contributed by atoms with Crippen LogP contribution >= 0.6 is 11.6 Å². The van der Waals surface area contributed by atoms with E-state index in [0.717, 1.165) is 16.7 Å². The van der Waals surface area contributed by atoms with Crippen LogP contribution in [0.3, 0.4) is 0 Å². The fourth-order valence-electron chi connectivity index (χ4n) is 2.95. The van der Waals surface area contributed by atoms with Crippen LogP contribution in [0, 0.1) is 6.92 Å². The monoisotopic (exact) mass is 422 g/mol. The van der Waals surface area contributed by atoms with Gasteiger partial charge in [-0.2, -0.15) is 0 Å². The van der Waals surface area contributed by atoms with Crippen LogP contribution in [0.1, 0.15) is 18.1 Å². The normalized spacial score (nSPS) is 12.7. The van der Waals surface area contributed by atoms with Gasteiger partial charge in [-0.05, 0) is 48.2 Å². The number of nitrogens with one attached hydrogen (secondary N) is 2. The molecule has 0 aliphatic heterocycles. The Hall–Kier alpha value is -3.15. The fourth-order valence-corrected chi connectivity index (χ4v) is 3.13. The van der Waals surface area contributed by atoms with Crippen LogP contribution in [-0.2, 0) is 15.2 Å². The van der Waals surface area contributed by atoms with Gasteiger partial charge in [0.25, 0.3) is 0 Å². The second-order valence-electron chi connectivity index (χ2n) is 7.32. The molecule has 1 unspecified atom stereocenters. The summed E-state index contributed by atoms with van der Waals surface area (Å²) in [6.45, 7) is 3.32. The number of halogens is 1. The zero-order valence-corrected chi connectivity index (χ0v) is 17.5. The number of carbonyl (C=O) groups excluding carboxylic acids is 2. The van der Waals surface area contributed by atoms with Crippen molar-refractivity contribution in [1.82, 2.24) is 5.32 Å². The van der Waals surface area contributed by atoms with E-state index in [1.165, 1.54) is 0 Å². The van der Waals surface area contributed by atoms with Crippen LogP contribution in [0.4, 0.5) is 5.69 Å². The minimum Gasteiger partial charge on any atom is -0.384 e. The molecule has 0 aromatic heterocycles. The first-order valence-electron chi connectivity index (χ1n) is 9.50. The number of hydrogen-bond acceptors (Lipinski definition) is 3. The van der Waals surface area contributed by atoms with Gasteiger partial charge in [-0.15, -0.1) is 0 Å². The molecule has 0 saturated carbocycles. The molecule has 1 atom stereocenters. The van der Waals surface area contributed by atoms with Crippen LogP contribution in [0.15, 0.2) is 72.8 Å². The largest absolute Gasteiger partial charge is 0.384 e. The Morgan fingerprint density at radius 1 is 0.933 bits per heavy atom. The van der Waals surface area contributed by atoms with Crippen molar-refractivity contribution < 1.29 is 14.7 Å². The van der Waals surface area contributed by atoms with Crippen LogP contribution in [0.2, 0.25) is 5.02 Å². The lowest BCUT2D eigenvalue weighted by Crippen LogP contribution is -2.43. The lowest BCUT2D eigenvalue weighted by atomic mass is 9.93. The van der Waals surface area contributed by atoms with Crippen molar-refractivity contribution >= 4 is 29.1 Å². The molecule has 3 aromatic rings. The highest BCUT2D eigenvalue weighted by molar-refractivity contribution is 6.39. The number of anilines is 1. The Morgan fingerprint density at radius 2 is 1.57 bits per heavy atom. The van der Waals surface area contributed by atoms with E-state index in [9.17, 15) is 14.7 Å². The van der Waals surface area contributed by atoms with Gasteiger partial charge in [0, 0.05) is 10.7 Å². The van der Waals surface area contributed by atoms with Crippen LogP contribution in [-0.4, -0.2) is 23.5 Å². The average molecular weight is 423 g/mol. The summed E-state index contributed by atoms with van der Waals surface area (Å²) in [5.74, 6) is -1.67. The summed E-state index contributed by atoms with van der Waals surface area (Å²) in [6, 6.07) is 22.3. The molecule has 2 amide bonds. The topological polar surface area (TPSA) is 78.4 Å². The van der Waals surface area contributed by atoms with E-state index in [2.05, 4.69) is 10.6 Å². The second-order valence-corrected chi connectivity index (χ2v) is 7.73. The summed E-state index contributed by atoms with van der Waals surface area (Å²) in [7, 11) is 0. The first-order chi connectivity index (χ1) is 14.3. The number of carbonyl (C=O) groups is 2. The molecule has 0 bridgehead atoms. The molecule has 0 radical (unpaired) electrons. The smallest absolute Gasteiger partial charge is 0.313 e. The summed E-state index contributed by atoms with van der Waals surface area (Å²) in [5, 5.41) is 16.2. The van der Waals surface area contributed by atoms with E-state index < -0.39 is 17.4 Å². The third kappa shape index (κ3) is 5.26. The second kappa shape index (κ2) is 9.11. The van der Waals surface area contributed by atoms with E-state index in [4.69, 9.17) is 11.6 Å². The lowest BCUT2D eigenvalue weighted by Gasteiger charge is -2.24. The first-order valence-corrected chi connectivity index (χ1v) is 9.88. The van der Waals surface area contributed by atoms with Crippen molar-refractivity contribution in [3.05, 3.63) is 88.9 Å². The number of benzene rings is 3. The van der Waals surface area contributed by atoms with E-state index in [0.29, 0.717) is 16.3 Å². The van der Waals surface area contributed by atoms with Gasteiger partial charge in [0.15, 0.2) is 0 Å². The van der Waals surface area contributed by atoms with Gasteiger partial charge in [0.05, 0.1) is 6.54 Å². The Labute approximate surface area is 180 Å². The lowest BCUT2D eigenvalue weighted by molar-refractivity contribution is -0.136. The molecular weight excluding hydrogens is 400 g/mol. The molecule has 6 heteroatoms. The van der Waals surface area contributed by atoms with E-state index in [-0.39, 0.29) is 6.54 Å². The van der Waals surface area contributed by atoms with E-state index in [1.807, 2.05) is 61.5 Å². The van der Waals surface area contributed by atoms with Gasteiger partial charge in [-0.1, -0.05) is 72.3 Å². The van der Waals surface area contributed by atoms with Crippen molar-refractivity contribution in [3.8, 4) is 11.1 Å². The number of hydrogen-bond donors (Lipinski definition) is 3. The molecule has 0 aliphatic carbocycles. The van der Waals surface area contributed by atoms with Gasteiger partial charge in [-0.3, -0.25) is 9.59 Å². The Morgan fingerprint density at radius 3 is 2.20 bits per heavy atom. The van der Waals surface area contributed by atoms with E-state index >= 15 is 0 Å². The molecule has 3 aromatic carbocycles. The summed E-state index contributed by atoms with van der Waals surface area (Å²) in [5.41, 5.74) is 2.69. The molecule has 0 saturated heterocycles. The summed E-state index contributed by atoms with van der Waals surface area (Å²) < 4.78 is 0. The summed E-state index contributed by atoms with van der Waals surface area (Å²) in [4.78, 5) is 24.3. The van der Waals surface area contributed by atoms with Gasteiger partial charge in [-0.25, -0.2) is 0 Å². The number of aryl methyl sites for hydroxylation is 1. The Bertz CT molecular complexity index is 1050. The van der Waals surface area contributed by atoms with Crippen molar-refractivity contribution in [2.75, 3.05) is 11.9 Å². The van der Waals surface area contributed by atoms with Gasteiger partial charge >= 0.3 is 11.8 Å². The molecule has 0 aliphatic rings. The molecule has 0 spiro atoms. The fraction of sp³-hybridized carbons (Fsp3) is 0.167. The average Bonchev–Trinajstić information content (AvgIpc) is 2.75. The van der Waals surface area contributed by atoms with Crippen LogP contribution in [0.5, 0.6) is 0 Å². The summed E-state index contributed by atoms with van der Waals surface area (Å²) >= 11 is 6.03. The molecule has 3 N–H and O–H groups in total. The maximum atomic E-state index is 12.1. The third-order valence-corrected chi connectivity index (χ3v) is 5.25. The number of aliphatic hydroxyl groups is 1. The third-order valence-electron chi connectivity index (χ3n) is 4.84. The SMILES string of the molecule is Cc1ccc(NC(=O)C(=O)NCC(C)(O)c2ccc(-c3ccccc3)cc2)cc1Cl. The predicted octanol–water partition coefficient (Wildman–Crippen LogP) is 4.28.